The van der Waals surface area contributed by atoms with Crippen LogP contribution in [0, 0.1) is 5.92 Å². The Morgan fingerprint density at radius 2 is 2.00 bits per heavy atom. The molecule has 4 heterocycles. The van der Waals surface area contributed by atoms with Gasteiger partial charge >= 0.3 is 0 Å². The first-order chi connectivity index (χ1) is 14.7. The predicted molar refractivity (Wildman–Crippen MR) is 115 cm³/mol. The minimum atomic E-state index is -0.265. The van der Waals surface area contributed by atoms with Crippen LogP contribution in [0.25, 0.3) is 11.3 Å². The van der Waals surface area contributed by atoms with Crippen LogP contribution < -0.4 is 4.74 Å². The van der Waals surface area contributed by atoms with Crippen molar-refractivity contribution in [1.29, 1.82) is 0 Å². The molecule has 3 aliphatic rings. The van der Waals surface area contributed by atoms with Crippen LogP contribution in [0.3, 0.4) is 0 Å². The zero-order chi connectivity index (χ0) is 20.1. The number of aryl methyl sites for hydroxylation is 1. The third-order valence-electron chi connectivity index (χ3n) is 6.95. The molecule has 1 saturated heterocycles. The normalized spacial score (nSPS) is 20.0. The quantitative estimate of drug-likeness (QED) is 0.645. The highest BCUT2D eigenvalue weighted by Gasteiger charge is 2.46. The van der Waals surface area contributed by atoms with Gasteiger partial charge in [0.25, 0.3) is 0 Å². The zero-order valence-electron chi connectivity index (χ0n) is 17.6. The lowest BCUT2D eigenvalue weighted by atomic mass is 9.83. The van der Waals surface area contributed by atoms with Crippen LogP contribution in [0.2, 0.25) is 0 Å². The molecule has 1 saturated carbocycles. The van der Waals surface area contributed by atoms with Crippen molar-refractivity contribution >= 4 is 0 Å². The van der Waals surface area contributed by atoms with Gasteiger partial charge in [-0.1, -0.05) is 12.1 Å². The summed E-state index contributed by atoms with van der Waals surface area (Å²) in [5.41, 5.74) is 4.62. The second-order valence-corrected chi connectivity index (χ2v) is 9.11. The van der Waals surface area contributed by atoms with E-state index in [0.717, 1.165) is 68.5 Å². The van der Waals surface area contributed by atoms with Gasteiger partial charge in [-0.05, 0) is 37.8 Å². The van der Waals surface area contributed by atoms with Gasteiger partial charge in [-0.2, -0.15) is 5.10 Å². The molecule has 6 heteroatoms. The van der Waals surface area contributed by atoms with E-state index in [1.54, 1.807) is 0 Å². The number of aromatic nitrogens is 4. The Hall–Kier alpha value is -2.60. The lowest BCUT2D eigenvalue weighted by molar-refractivity contribution is -0.0131. The Morgan fingerprint density at radius 3 is 2.77 bits per heavy atom. The summed E-state index contributed by atoms with van der Waals surface area (Å²) >= 11 is 0. The molecule has 0 amide bonds. The van der Waals surface area contributed by atoms with Crippen molar-refractivity contribution in [2.45, 2.75) is 57.8 Å². The van der Waals surface area contributed by atoms with Crippen molar-refractivity contribution in [3.63, 3.8) is 0 Å². The zero-order valence-corrected chi connectivity index (χ0v) is 17.6. The number of benzene rings is 1. The van der Waals surface area contributed by atoms with Crippen LogP contribution in [-0.4, -0.2) is 37.3 Å². The van der Waals surface area contributed by atoms with Crippen molar-refractivity contribution in [2.75, 3.05) is 13.1 Å². The molecule has 2 fully saturated rings. The van der Waals surface area contributed by atoms with Gasteiger partial charge in [0.05, 0.1) is 23.9 Å². The van der Waals surface area contributed by atoms with E-state index in [1.165, 1.54) is 24.1 Å². The fraction of sp³-hybridized carbons (Fsp3) is 0.500. The average Bonchev–Trinajstić information content (AvgIpc) is 3.29. The van der Waals surface area contributed by atoms with E-state index >= 15 is 0 Å². The van der Waals surface area contributed by atoms with Crippen LogP contribution >= 0.6 is 0 Å². The summed E-state index contributed by atoms with van der Waals surface area (Å²) in [6, 6.07) is 8.41. The molecule has 0 radical (unpaired) electrons. The number of likely N-dealkylation sites (tertiary alicyclic amines) is 1. The molecule has 0 bridgehead atoms. The Bertz CT molecular complexity index is 1060. The Balaban J connectivity index is 1.28. The lowest BCUT2D eigenvalue weighted by Crippen LogP contribution is -2.48. The maximum Gasteiger partial charge on any atom is 0.153 e. The summed E-state index contributed by atoms with van der Waals surface area (Å²) in [5, 5.41) is 4.43. The lowest BCUT2D eigenvalue weighted by Gasteiger charge is -2.44. The van der Waals surface area contributed by atoms with E-state index in [4.69, 9.17) is 9.72 Å². The van der Waals surface area contributed by atoms with Gasteiger partial charge < -0.3 is 9.30 Å². The highest BCUT2D eigenvalue weighted by atomic mass is 16.5. The molecule has 30 heavy (non-hydrogen) atoms. The third kappa shape index (κ3) is 3.05. The summed E-state index contributed by atoms with van der Waals surface area (Å²) in [6.45, 7) is 7.13. The molecule has 0 atom stereocenters. The standard InChI is InChI=1S/C24H29N5O/c1-2-29-16-19(13-26-29)14-27-11-9-24(10-12-27)23-22(20-5-3-4-6-21(20)30-24)25-17-28(23)15-18-7-8-18/h3-6,13,16-18H,2,7-12,14-15H2,1H3. The van der Waals surface area contributed by atoms with Gasteiger partial charge in [-0.15, -0.1) is 0 Å². The second-order valence-electron chi connectivity index (χ2n) is 9.11. The van der Waals surface area contributed by atoms with Crippen LogP contribution in [0.15, 0.2) is 43.0 Å². The Labute approximate surface area is 177 Å². The molecular weight excluding hydrogens is 374 g/mol. The van der Waals surface area contributed by atoms with Crippen molar-refractivity contribution in [1.82, 2.24) is 24.2 Å². The first-order valence-electron chi connectivity index (χ1n) is 11.3. The highest BCUT2D eigenvalue weighted by Crippen LogP contribution is 2.49. The molecule has 1 aromatic carbocycles. The molecule has 1 spiro atoms. The van der Waals surface area contributed by atoms with Gasteiger partial charge in [0, 0.05) is 62.9 Å². The van der Waals surface area contributed by atoms with Crippen LogP contribution in [0.1, 0.15) is 43.9 Å². The molecule has 3 aromatic rings. The molecule has 0 N–H and O–H groups in total. The van der Waals surface area contributed by atoms with Gasteiger partial charge in [-0.3, -0.25) is 9.58 Å². The minimum Gasteiger partial charge on any atom is -0.480 e. The molecule has 156 valence electrons. The largest absolute Gasteiger partial charge is 0.480 e. The number of fused-ring (bicyclic) bond motifs is 4. The van der Waals surface area contributed by atoms with Gasteiger partial charge in [0.15, 0.2) is 5.60 Å². The van der Waals surface area contributed by atoms with Gasteiger partial charge in [0.2, 0.25) is 0 Å². The number of hydrogen-bond donors (Lipinski definition) is 0. The monoisotopic (exact) mass is 403 g/mol. The van der Waals surface area contributed by atoms with Crippen molar-refractivity contribution in [3.05, 3.63) is 54.2 Å². The number of hydrogen-bond acceptors (Lipinski definition) is 4. The average molecular weight is 404 g/mol. The second kappa shape index (κ2) is 6.98. The van der Waals surface area contributed by atoms with E-state index in [0.29, 0.717) is 0 Å². The summed E-state index contributed by atoms with van der Waals surface area (Å²) < 4.78 is 11.2. The summed E-state index contributed by atoms with van der Waals surface area (Å²) in [5.74, 6) is 1.80. The van der Waals surface area contributed by atoms with E-state index in [-0.39, 0.29) is 5.60 Å². The van der Waals surface area contributed by atoms with Gasteiger partial charge in [0.1, 0.15) is 5.75 Å². The number of piperidine rings is 1. The van der Waals surface area contributed by atoms with Crippen molar-refractivity contribution < 1.29 is 4.74 Å². The number of para-hydroxylation sites is 1. The molecular formula is C24H29N5O. The molecule has 6 nitrogen and oxygen atoms in total. The fourth-order valence-electron chi connectivity index (χ4n) is 5.11. The molecule has 2 aromatic heterocycles. The molecule has 1 aliphatic carbocycles. The van der Waals surface area contributed by atoms with Crippen molar-refractivity contribution in [3.8, 4) is 17.0 Å². The number of imidazole rings is 1. The van der Waals surface area contributed by atoms with Crippen LogP contribution in [0.4, 0.5) is 0 Å². The van der Waals surface area contributed by atoms with Crippen LogP contribution in [0.5, 0.6) is 5.75 Å². The maximum atomic E-state index is 6.80. The summed E-state index contributed by atoms with van der Waals surface area (Å²) in [4.78, 5) is 7.42. The smallest absolute Gasteiger partial charge is 0.153 e. The topological polar surface area (TPSA) is 48.1 Å². The SMILES string of the molecule is CCn1cc(CN2CCC3(CC2)Oc2ccccc2-c2ncn(CC4CC4)c23)cn1. The van der Waals surface area contributed by atoms with E-state index in [9.17, 15) is 0 Å². The first-order valence-corrected chi connectivity index (χ1v) is 11.3. The van der Waals surface area contributed by atoms with Crippen molar-refractivity contribution in [2.24, 2.45) is 5.92 Å². The summed E-state index contributed by atoms with van der Waals surface area (Å²) in [6.07, 6.45) is 10.9. The van der Waals surface area contributed by atoms with Crippen LogP contribution in [-0.2, 0) is 25.2 Å². The number of rotatable bonds is 5. The maximum absolute atomic E-state index is 6.80. The summed E-state index contributed by atoms with van der Waals surface area (Å²) in [7, 11) is 0. The van der Waals surface area contributed by atoms with E-state index < -0.39 is 0 Å². The molecule has 2 aliphatic heterocycles. The minimum absolute atomic E-state index is 0.265. The number of nitrogens with zero attached hydrogens (tertiary/aromatic N) is 5. The Kier molecular flexibility index (Phi) is 4.23. The fourth-order valence-corrected chi connectivity index (χ4v) is 5.11. The molecule has 6 rings (SSSR count). The number of ether oxygens (including phenoxy) is 1. The Morgan fingerprint density at radius 1 is 1.17 bits per heavy atom. The highest BCUT2D eigenvalue weighted by molar-refractivity contribution is 5.72. The molecule has 0 unspecified atom stereocenters. The third-order valence-corrected chi connectivity index (χ3v) is 6.95. The van der Waals surface area contributed by atoms with E-state index in [2.05, 4.69) is 58.3 Å². The van der Waals surface area contributed by atoms with Gasteiger partial charge in [-0.25, -0.2) is 4.98 Å². The first kappa shape index (κ1) is 18.2. The predicted octanol–water partition coefficient (Wildman–Crippen LogP) is 4.06. The van der Waals surface area contributed by atoms with E-state index in [1.807, 2.05) is 10.9 Å².